The third-order valence-corrected chi connectivity index (χ3v) is 2.13. The summed E-state index contributed by atoms with van der Waals surface area (Å²) in [5.74, 6) is -0.590. The fourth-order valence-electron chi connectivity index (χ4n) is 1.36. The van der Waals surface area contributed by atoms with Crippen molar-refractivity contribution in [1.29, 1.82) is 0 Å². The van der Waals surface area contributed by atoms with E-state index in [2.05, 4.69) is 10.4 Å². The van der Waals surface area contributed by atoms with Gasteiger partial charge < -0.3 is 14.8 Å². The Labute approximate surface area is 91.5 Å². The maximum Gasteiger partial charge on any atom is 0.339 e. The quantitative estimate of drug-likeness (QED) is 0.813. The van der Waals surface area contributed by atoms with Gasteiger partial charge in [0.25, 0.3) is 0 Å². The summed E-state index contributed by atoms with van der Waals surface area (Å²) >= 11 is 0. The van der Waals surface area contributed by atoms with E-state index in [0.29, 0.717) is 12.3 Å². The molecule has 0 aliphatic carbocycles. The Morgan fingerprint density at radius 1 is 1.69 bits per heavy atom. The lowest BCUT2D eigenvalue weighted by molar-refractivity contribution is 0.0694. The van der Waals surface area contributed by atoms with Crippen LogP contribution in [0.25, 0.3) is 0 Å². The van der Waals surface area contributed by atoms with Gasteiger partial charge in [-0.2, -0.15) is 5.10 Å². The van der Waals surface area contributed by atoms with Crippen molar-refractivity contribution in [2.45, 2.75) is 6.54 Å². The number of nitrogens with zero attached hydrogens (tertiary/aromatic N) is 2. The number of carboxylic acid groups (broad SMARTS) is 1. The van der Waals surface area contributed by atoms with Crippen LogP contribution in [0.3, 0.4) is 0 Å². The van der Waals surface area contributed by atoms with E-state index in [4.69, 9.17) is 9.52 Å². The monoisotopic (exact) mass is 221 g/mol. The van der Waals surface area contributed by atoms with Gasteiger partial charge in [0.05, 0.1) is 24.7 Å². The van der Waals surface area contributed by atoms with Crippen LogP contribution in [0.15, 0.2) is 29.1 Å². The van der Waals surface area contributed by atoms with Gasteiger partial charge >= 0.3 is 5.97 Å². The number of anilines is 1. The second-order valence-corrected chi connectivity index (χ2v) is 3.32. The molecule has 2 heterocycles. The van der Waals surface area contributed by atoms with Crippen molar-refractivity contribution >= 4 is 11.7 Å². The number of aromatic carboxylic acids is 1. The van der Waals surface area contributed by atoms with E-state index in [1.165, 1.54) is 12.3 Å². The van der Waals surface area contributed by atoms with Crippen molar-refractivity contribution in [2.75, 3.05) is 5.32 Å². The standard InChI is InChI=1S/C10H11N3O3/c1-13-6-7(4-12-13)11-5-9-8(10(14)15)2-3-16-9/h2-4,6,11H,5H2,1H3,(H,14,15). The maximum atomic E-state index is 10.8. The third kappa shape index (κ3) is 2.05. The Morgan fingerprint density at radius 2 is 2.50 bits per heavy atom. The zero-order valence-corrected chi connectivity index (χ0v) is 8.67. The molecule has 84 valence electrons. The van der Waals surface area contributed by atoms with Gasteiger partial charge in [-0.25, -0.2) is 4.79 Å². The number of aryl methyl sites for hydroxylation is 1. The van der Waals surface area contributed by atoms with E-state index < -0.39 is 5.97 Å². The Kier molecular flexibility index (Phi) is 2.63. The summed E-state index contributed by atoms with van der Waals surface area (Å²) in [5.41, 5.74) is 0.992. The fourth-order valence-corrected chi connectivity index (χ4v) is 1.36. The highest BCUT2D eigenvalue weighted by Crippen LogP contribution is 2.13. The van der Waals surface area contributed by atoms with Gasteiger partial charge in [0.15, 0.2) is 0 Å². The van der Waals surface area contributed by atoms with E-state index in [-0.39, 0.29) is 5.56 Å². The Hall–Kier alpha value is -2.24. The molecule has 16 heavy (non-hydrogen) atoms. The van der Waals surface area contributed by atoms with Gasteiger partial charge in [0, 0.05) is 13.2 Å². The minimum Gasteiger partial charge on any atom is -0.478 e. The summed E-state index contributed by atoms with van der Waals surface area (Å²) < 4.78 is 6.74. The predicted octanol–water partition coefficient (Wildman–Crippen LogP) is 1.32. The van der Waals surface area contributed by atoms with Crippen molar-refractivity contribution < 1.29 is 14.3 Å². The smallest absolute Gasteiger partial charge is 0.339 e. The molecule has 0 fully saturated rings. The summed E-state index contributed by atoms with van der Waals surface area (Å²) in [6.45, 7) is 0.320. The lowest BCUT2D eigenvalue weighted by Gasteiger charge is -2.01. The molecule has 0 saturated heterocycles. The molecule has 6 heteroatoms. The van der Waals surface area contributed by atoms with Gasteiger partial charge in [-0.15, -0.1) is 0 Å². The first-order chi connectivity index (χ1) is 7.66. The molecule has 2 aromatic heterocycles. The average Bonchev–Trinajstić information content (AvgIpc) is 2.83. The SMILES string of the molecule is Cn1cc(NCc2occc2C(=O)O)cn1. The van der Waals surface area contributed by atoms with Crippen molar-refractivity contribution in [3.63, 3.8) is 0 Å². The van der Waals surface area contributed by atoms with E-state index in [1.54, 1.807) is 24.1 Å². The molecular weight excluding hydrogens is 210 g/mol. The first-order valence-electron chi connectivity index (χ1n) is 4.69. The molecule has 0 aliphatic heterocycles. The molecule has 0 bridgehead atoms. The van der Waals surface area contributed by atoms with Gasteiger partial charge in [0.1, 0.15) is 11.3 Å². The highest BCUT2D eigenvalue weighted by molar-refractivity contribution is 5.88. The predicted molar refractivity (Wildman–Crippen MR) is 56.2 cm³/mol. The number of rotatable bonds is 4. The summed E-state index contributed by atoms with van der Waals surface area (Å²) in [6, 6.07) is 1.43. The first-order valence-corrected chi connectivity index (χ1v) is 4.69. The number of hydrogen-bond acceptors (Lipinski definition) is 4. The third-order valence-electron chi connectivity index (χ3n) is 2.13. The number of carboxylic acids is 1. The van der Waals surface area contributed by atoms with Crippen LogP contribution in [-0.2, 0) is 13.6 Å². The Morgan fingerprint density at radius 3 is 3.12 bits per heavy atom. The van der Waals surface area contributed by atoms with Crippen LogP contribution in [0.4, 0.5) is 5.69 Å². The molecular formula is C10H11N3O3. The second-order valence-electron chi connectivity index (χ2n) is 3.32. The molecule has 2 rings (SSSR count). The fraction of sp³-hybridized carbons (Fsp3) is 0.200. The first kappa shape index (κ1) is 10.3. The summed E-state index contributed by atoms with van der Waals surface area (Å²) in [7, 11) is 1.81. The maximum absolute atomic E-state index is 10.8. The van der Waals surface area contributed by atoms with Crippen molar-refractivity contribution in [1.82, 2.24) is 9.78 Å². The van der Waals surface area contributed by atoms with Crippen LogP contribution in [0, 0.1) is 0 Å². The number of aromatic nitrogens is 2. The van der Waals surface area contributed by atoms with E-state index in [1.807, 2.05) is 0 Å². The van der Waals surface area contributed by atoms with Crippen LogP contribution in [-0.4, -0.2) is 20.9 Å². The van der Waals surface area contributed by atoms with Gasteiger partial charge in [-0.1, -0.05) is 0 Å². The van der Waals surface area contributed by atoms with Crippen LogP contribution in [0.5, 0.6) is 0 Å². The van der Waals surface area contributed by atoms with Crippen LogP contribution in [0.1, 0.15) is 16.1 Å². The molecule has 0 amide bonds. The number of carbonyl (C=O) groups is 1. The molecule has 2 aromatic rings. The van der Waals surface area contributed by atoms with Crippen molar-refractivity contribution in [3.05, 3.63) is 36.0 Å². The van der Waals surface area contributed by atoms with Crippen molar-refractivity contribution in [2.24, 2.45) is 7.05 Å². The lowest BCUT2D eigenvalue weighted by Crippen LogP contribution is -2.04. The Bertz CT molecular complexity index is 501. The van der Waals surface area contributed by atoms with Crippen LogP contribution in [0.2, 0.25) is 0 Å². The van der Waals surface area contributed by atoms with Gasteiger partial charge in [-0.05, 0) is 6.07 Å². The zero-order chi connectivity index (χ0) is 11.5. The highest BCUT2D eigenvalue weighted by atomic mass is 16.4. The van der Waals surface area contributed by atoms with Crippen LogP contribution >= 0.6 is 0 Å². The lowest BCUT2D eigenvalue weighted by atomic mass is 10.2. The Balaban J connectivity index is 2.04. The minimum absolute atomic E-state index is 0.177. The normalized spacial score (nSPS) is 10.3. The van der Waals surface area contributed by atoms with Crippen molar-refractivity contribution in [3.8, 4) is 0 Å². The molecule has 0 unspecified atom stereocenters. The molecule has 6 nitrogen and oxygen atoms in total. The molecule has 2 N–H and O–H groups in total. The topological polar surface area (TPSA) is 80.3 Å². The van der Waals surface area contributed by atoms with Crippen LogP contribution < -0.4 is 5.32 Å². The average molecular weight is 221 g/mol. The highest BCUT2D eigenvalue weighted by Gasteiger charge is 2.12. The van der Waals surface area contributed by atoms with E-state index in [0.717, 1.165) is 5.69 Å². The summed E-state index contributed by atoms with van der Waals surface area (Å²) in [4.78, 5) is 10.8. The molecule has 0 aromatic carbocycles. The largest absolute Gasteiger partial charge is 0.478 e. The van der Waals surface area contributed by atoms with E-state index in [9.17, 15) is 4.79 Å². The van der Waals surface area contributed by atoms with Gasteiger partial charge in [0.2, 0.25) is 0 Å². The summed E-state index contributed by atoms with van der Waals surface area (Å²) in [6.07, 6.45) is 4.82. The second kappa shape index (κ2) is 4.09. The molecule has 0 aliphatic rings. The van der Waals surface area contributed by atoms with Gasteiger partial charge in [-0.3, -0.25) is 4.68 Å². The molecule has 0 saturated carbocycles. The number of furan rings is 1. The molecule has 0 atom stereocenters. The van der Waals surface area contributed by atoms with E-state index >= 15 is 0 Å². The molecule has 0 radical (unpaired) electrons. The molecule has 0 spiro atoms. The number of nitrogens with one attached hydrogen (secondary N) is 1. The number of hydrogen-bond donors (Lipinski definition) is 2. The summed E-state index contributed by atoms with van der Waals surface area (Å²) in [5, 5.41) is 15.9. The minimum atomic E-state index is -0.989. The zero-order valence-electron chi connectivity index (χ0n) is 8.67.